The van der Waals surface area contributed by atoms with E-state index in [-0.39, 0.29) is 0 Å². The van der Waals surface area contributed by atoms with E-state index in [9.17, 15) is 0 Å². The fourth-order valence-electron chi connectivity index (χ4n) is 2.18. The Morgan fingerprint density at radius 3 is 2.62 bits per heavy atom. The zero-order valence-corrected chi connectivity index (χ0v) is 9.31. The van der Waals surface area contributed by atoms with E-state index >= 15 is 0 Å². The molecule has 13 heavy (non-hydrogen) atoms. The van der Waals surface area contributed by atoms with Crippen LogP contribution in [0.4, 0.5) is 0 Å². The third-order valence-corrected chi connectivity index (χ3v) is 3.43. The first-order valence-corrected chi connectivity index (χ1v) is 6.08. The SMILES string of the molecule is CCC(C)C1CCCCCCCN1. The van der Waals surface area contributed by atoms with Crippen molar-refractivity contribution in [3.63, 3.8) is 0 Å². The molecule has 0 spiro atoms. The van der Waals surface area contributed by atoms with E-state index < -0.39 is 0 Å². The maximum Gasteiger partial charge on any atom is 0.00925 e. The van der Waals surface area contributed by atoms with Gasteiger partial charge in [0.1, 0.15) is 0 Å². The fraction of sp³-hybridized carbons (Fsp3) is 1.00. The quantitative estimate of drug-likeness (QED) is 0.692. The van der Waals surface area contributed by atoms with Gasteiger partial charge in [0.25, 0.3) is 0 Å². The molecule has 0 amide bonds. The van der Waals surface area contributed by atoms with Crippen molar-refractivity contribution in [1.82, 2.24) is 5.32 Å². The second-order valence-electron chi connectivity index (χ2n) is 4.50. The summed E-state index contributed by atoms with van der Waals surface area (Å²) in [5, 5.41) is 3.71. The zero-order valence-electron chi connectivity index (χ0n) is 9.31. The molecule has 1 N–H and O–H groups in total. The lowest BCUT2D eigenvalue weighted by atomic mass is 9.94. The molecule has 2 atom stereocenters. The van der Waals surface area contributed by atoms with Gasteiger partial charge in [-0.05, 0) is 25.3 Å². The topological polar surface area (TPSA) is 12.0 Å². The number of nitrogens with one attached hydrogen (secondary N) is 1. The average molecular weight is 183 g/mol. The second-order valence-corrected chi connectivity index (χ2v) is 4.50. The molecule has 0 aliphatic carbocycles. The molecule has 1 nitrogen and oxygen atoms in total. The molecule has 0 aromatic rings. The second kappa shape index (κ2) is 6.42. The minimum Gasteiger partial charge on any atom is -0.314 e. The van der Waals surface area contributed by atoms with Crippen molar-refractivity contribution in [2.24, 2.45) is 5.92 Å². The highest BCUT2D eigenvalue weighted by molar-refractivity contribution is 4.73. The van der Waals surface area contributed by atoms with E-state index in [1.54, 1.807) is 0 Å². The zero-order chi connectivity index (χ0) is 9.52. The van der Waals surface area contributed by atoms with Crippen LogP contribution in [0.5, 0.6) is 0 Å². The van der Waals surface area contributed by atoms with Gasteiger partial charge in [-0.2, -0.15) is 0 Å². The van der Waals surface area contributed by atoms with Crippen LogP contribution in [-0.2, 0) is 0 Å². The van der Waals surface area contributed by atoms with Crippen LogP contribution in [0.2, 0.25) is 0 Å². The summed E-state index contributed by atoms with van der Waals surface area (Å²) in [7, 11) is 0. The largest absolute Gasteiger partial charge is 0.314 e. The molecule has 78 valence electrons. The Labute approximate surface area is 83.3 Å². The maximum absolute atomic E-state index is 3.71. The van der Waals surface area contributed by atoms with Crippen LogP contribution in [0.3, 0.4) is 0 Å². The predicted octanol–water partition coefficient (Wildman–Crippen LogP) is 3.34. The molecule has 1 saturated heterocycles. The van der Waals surface area contributed by atoms with Crippen molar-refractivity contribution in [2.45, 2.75) is 64.8 Å². The van der Waals surface area contributed by atoms with Gasteiger partial charge in [0.15, 0.2) is 0 Å². The van der Waals surface area contributed by atoms with Crippen molar-refractivity contribution in [3.05, 3.63) is 0 Å². The summed E-state index contributed by atoms with van der Waals surface area (Å²) in [5.41, 5.74) is 0. The summed E-state index contributed by atoms with van der Waals surface area (Å²) in [6.07, 6.45) is 9.87. The highest BCUT2D eigenvalue weighted by atomic mass is 14.9. The first kappa shape index (κ1) is 11.0. The Balaban J connectivity index is 2.31. The summed E-state index contributed by atoms with van der Waals surface area (Å²) in [6, 6.07) is 0.795. The summed E-state index contributed by atoms with van der Waals surface area (Å²) < 4.78 is 0. The molecule has 1 heterocycles. The Morgan fingerprint density at radius 1 is 1.15 bits per heavy atom. The van der Waals surface area contributed by atoms with Gasteiger partial charge < -0.3 is 5.32 Å². The molecule has 1 rings (SSSR count). The van der Waals surface area contributed by atoms with Crippen molar-refractivity contribution >= 4 is 0 Å². The van der Waals surface area contributed by atoms with Crippen LogP contribution in [0.1, 0.15) is 58.8 Å². The lowest BCUT2D eigenvalue weighted by Gasteiger charge is -2.23. The number of hydrogen-bond donors (Lipinski definition) is 1. The highest BCUT2D eigenvalue weighted by Crippen LogP contribution is 2.17. The van der Waals surface area contributed by atoms with Gasteiger partial charge in [-0.1, -0.05) is 46.0 Å². The van der Waals surface area contributed by atoms with E-state index in [0.29, 0.717) is 0 Å². The summed E-state index contributed by atoms with van der Waals surface area (Å²) in [6.45, 7) is 5.93. The van der Waals surface area contributed by atoms with Crippen LogP contribution >= 0.6 is 0 Å². The summed E-state index contributed by atoms with van der Waals surface area (Å²) in [4.78, 5) is 0. The van der Waals surface area contributed by atoms with E-state index in [4.69, 9.17) is 0 Å². The first-order chi connectivity index (χ1) is 6.34. The van der Waals surface area contributed by atoms with Crippen LogP contribution < -0.4 is 5.32 Å². The molecular formula is C12H25N. The van der Waals surface area contributed by atoms with Crippen molar-refractivity contribution in [1.29, 1.82) is 0 Å². The van der Waals surface area contributed by atoms with E-state index in [1.807, 2.05) is 0 Å². The van der Waals surface area contributed by atoms with E-state index in [1.165, 1.54) is 51.5 Å². The number of rotatable bonds is 2. The van der Waals surface area contributed by atoms with Crippen LogP contribution in [0, 0.1) is 5.92 Å². The van der Waals surface area contributed by atoms with Gasteiger partial charge in [-0.25, -0.2) is 0 Å². The molecule has 0 saturated carbocycles. The molecule has 1 aliphatic rings. The molecule has 0 aromatic carbocycles. The molecule has 0 radical (unpaired) electrons. The molecule has 1 aliphatic heterocycles. The van der Waals surface area contributed by atoms with Gasteiger partial charge in [-0.15, -0.1) is 0 Å². The molecule has 2 unspecified atom stereocenters. The Hall–Kier alpha value is -0.0400. The Bertz CT molecular complexity index is 112. The van der Waals surface area contributed by atoms with Gasteiger partial charge in [0, 0.05) is 6.04 Å². The van der Waals surface area contributed by atoms with Crippen molar-refractivity contribution < 1.29 is 0 Å². The van der Waals surface area contributed by atoms with Gasteiger partial charge >= 0.3 is 0 Å². The third kappa shape index (κ3) is 4.12. The van der Waals surface area contributed by atoms with E-state index in [2.05, 4.69) is 19.2 Å². The van der Waals surface area contributed by atoms with Crippen LogP contribution in [-0.4, -0.2) is 12.6 Å². The van der Waals surface area contributed by atoms with E-state index in [0.717, 1.165) is 12.0 Å². The highest BCUT2D eigenvalue weighted by Gasteiger charge is 2.15. The molecular weight excluding hydrogens is 158 g/mol. The molecule has 1 heteroatoms. The molecule has 0 aromatic heterocycles. The first-order valence-electron chi connectivity index (χ1n) is 6.08. The predicted molar refractivity (Wildman–Crippen MR) is 58.9 cm³/mol. The van der Waals surface area contributed by atoms with Crippen LogP contribution in [0.25, 0.3) is 0 Å². The smallest absolute Gasteiger partial charge is 0.00925 e. The van der Waals surface area contributed by atoms with Crippen LogP contribution in [0.15, 0.2) is 0 Å². The monoisotopic (exact) mass is 183 g/mol. The minimum absolute atomic E-state index is 0.795. The Kier molecular flexibility index (Phi) is 5.45. The number of hydrogen-bond acceptors (Lipinski definition) is 1. The third-order valence-electron chi connectivity index (χ3n) is 3.43. The Morgan fingerprint density at radius 2 is 1.85 bits per heavy atom. The normalized spacial score (nSPS) is 28.6. The lowest BCUT2D eigenvalue weighted by Crippen LogP contribution is -2.35. The van der Waals surface area contributed by atoms with Crippen molar-refractivity contribution in [3.8, 4) is 0 Å². The van der Waals surface area contributed by atoms with Crippen molar-refractivity contribution in [2.75, 3.05) is 6.54 Å². The summed E-state index contributed by atoms with van der Waals surface area (Å²) >= 11 is 0. The maximum atomic E-state index is 3.71. The summed E-state index contributed by atoms with van der Waals surface area (Å²) in [5.74, 6) is 0.859. The standard InChI is InChI=1S/C12H25N/c1-3-11(2)12-9-7-5-4-6-8-10-13-12/h11-13H,3-10H2,1-2H3. The van der Waals surface area contributed by atoms with Gasteiger partial charge in [0.05, 0.1) is 0 Å². The molecule has 0 bridgehead atoms. The molecule has 1 fully saturated rings. The van der Waals surface area contributed by atoms with Gasteiger partial charge in [0.2, 0.25) is 0 Å². The van der Waals surface area contributed by atoms with Gasteiger partial charge in [-0.3, -0.25) is 0 Å². The lowest BCUT2D eigenvalue weighted by molar-refractivity contribution is 0.345. The fourth-order valence-corrected chi connectivity index (χ4v) is 2.18. The average Bonchev–Trinajstić information content (AvgIpc) is 2.29. The minimum atomic E-state index is 0.795.